The summed E-state index contributed by atoms with van der Waals surface area (Å²) in [4.78, 5) is 26.3. The maximum Gasteiger partial charge on any atom is 0.407 e. The van der Waals surface area contributed by atoms with Gasteiger partial charge in [0, 0.05) is 18.7 Å². The average Bonchev–Trinajstić information content (AvgIpc) is 3.49. The lowest BCUT2D eigenvalue weighted by Crippen LogP contribution is -2.54. The van der Waals surface area contributed by atoms with Crippen LogP contribution in [0.5, 0.6) is 0 Å². The minimum Gasteiger partial charge on any atom is -0.456 e. The largest absolute Gasteiger partial charge is 0.456 e. The Bertz CT molecular complexity index is 1270. The number of carbonyl (C=O) groups excluding carboxylic acids is 2. The van der Waals surface area contributed by atoms with E-state index in [0.29, 0.717) is 31.7 Å². The van der Waals surface area contributed by atoms with Crippen molar-refractivity contribution >= 4 is 27.8 Å². The van der Waals surface area contributed by atoms with E-state index in [-0.39, 0.29) is 43.5 Å². The second-order valence-corrected chi connectivity index (χ2v) is 13.0. The van der Waals surface area contributed by atoms with Crippen LogP contribution in [0.1, 0.15) is 32.3 Å². The quantitative estimate of drug-likeness (QED) is 0.0852. The summed E-state index contributed by atoms with van der Waals surface area (Å²) in [6.07, 6.45) is -2.61. The predicted octanol–water partition coefficient (Wildman–Crippen LogP) is 1.60. The highest BCUT2D eigenvalue weighted by Crippen LogP contribution is 2.22. The normalized spacial score (nSPS) is 17.3. The molecule has 3 rings (SSSR count). The van der Waals surface area contributed by atoms with Gasteiger partial charge in [-0.05, 0) is 55.1 Å². The molecule has 1 fully saturated rings. The number of nitrogens with two attached hydrogens (primary N) is 3. The van der Waals surface area contributed by atoms with E-state index >= 15 is 0 Å². The van der Waals surface area contributed by atoms with Gasteiger partial charge in [0.15, 0.2) is 0 Å². The van der Waals surface area contributed by atoms with E-state index in [1.165, 1.54) is 28.6 Å². The number of alkyl carbamates (subject to hydrolysis) is 1. The molecular weight excluding hydrogens is 590 g/mol. The van der Waals surface area contributed by atoms with Crippen LogP contribution in [0.3, 0.4) is 0 Å². The molecular formula is C30H45N5O8S. The van der Waals surface area contributed by atoms with Gasteiger partial charge in [-0.3, -0.25) is 5.73 Å². The van der Waals surface area contributed by atoms with Crippen LogP contribution in [0.15, 0.2) is 59.5 Å². The summed E-state index contributed by atoms with van der Waals surface area (Å²) in [6.45, 7) is 4.76. The van der Waals surface area contributed by atoms with Gasteiger partial charge in [0.1, 0.15) is 12.2 Å². The number of carbonyl (C=O) groups is 2. The van der Waals surface area contributed by atoms with Gasteiger partial charge in [0.25, 0.3) is 0 Å². The fourth-order valence-electron chi connectivity index (χ4n) is 4.58. The molecule has 1 aliphatic rings. The summed E-state index contributed by atoms with van der Waals surface area (Å²) in [5.41, 5.74) is 18.5. The number of rotatable bonds is 17. The lowest BCUT2D eigenvalue weighted by molar-refractivity contribution is -0.164. The van der Waals surface area contributed by atoms with Crippen LogP contribution in [0, 0.1) is 5.92 Å². The van der Waals surface area contributed by atoms with Gasteiger partial charge in [-0.2, -0.15) is 4.31 Å². The minimum atomic E-state index is -4.09. The summed E-state index contributed by atoms with van der Waals surface area (Å²) in [6, 6.07) is 14.1. The Morgan fingerprint density at radius 1 is 1.09 bits per heavy atom. The summed E-state index contributed by atoms with van der Waals surface area (Å²) in [5, 5.41) is 2.82. The van der Waals surface area contributed by atoms with Crippen molar-refractivity contribution in [3.05, 3.63) is 60.2 Å². The van der Waals surface area contributed by atoms with Crippen molar-refractivity contribution in [3.63, 3.8) is 0 Å². The van der Waals surface area contributed by atoms with Crippen LogP contribution in [0.25, 0.3) is 0 Å². The molecule has 0 saturated carbocycles. The second kappa shape index (κ2) is 17.3. The summed E-state index contributed by atoms with van der Waals surface area (Å²) in [7, 11) is -4.09. The molecule has 1 saturated heterocycles. The van der Waals surface area contributed by atoms with Crippen molar-refractivity contribution in [3.8, 4) is 0 Å². The molecule has 0 bridgehead atoms. The Morgan fingerprint density at radius 2 is 1.80 bits per heavy atom. The van der Waals surface area contributed by atoms with Crippen LogP contribution in [-0.4, -0.2) is 88.7 Å². The zero-order chi connectivity index (χ0) is 32.1. The monoisotopic (exact) mass is 635 g/mol. The molecule has 244 valence electrons. The SMILES string of the molecule is CC(C)CN(C[C@@H](OC(=O)[C@@H](N)OCCCN)[C@H](Cc1ccccc1)NC(=O)O[C@H]1CCOC1)S(=O)(=O)c1ccc(N)cc1. The number of amides is 1. The Balaban J connectivity index is 1.98. The smallest absolute Gasteiger partial charge is 0.407 e. The third-order valence-corrected chi connectivity index (χ3v) is 8.67. The molecule has 0 radical (unpaired) electrons. The van der Waals surface area contributed by atoms with E-state index in [1.54, 1.807) is 0 Å². The fraction of sp³-hybridized carbons (Fsp3) is 0.533. The summed E-state index contributed by atoms with van der Waals surface area (Å²) < 4.78 is 51.1. The second-order valence-electron chi connectivity index (χ2n) is 11.0. The third-order valence-electron chi connectivity index (χ3n) is 6.83. The number of nitrogen functional groups attached to an aromatic ring is 1. The molecule has 1 heterocycles. The van der Waals surface area contributed by atoms with E-state index in [4.69, 9.17) is 36.1 Å². The lowest BCUT2D eigenvalue weighted by Gasteiger charge is -2.33. The molecule has 0 spiro atoms. The Labute approximate surface area is 259 Å². The highest BCUT2D eigenvalue weighted by molar-refractivity contribution is 7.89. The van der Waals surface area contributed by atoms with Gasteiger partial charge in [-0.1, -0.05) is 44.2 Å². The van der Waals surface area contributed by atoms with Crippen molar-refractivity contribution in [2.75, 3.05) is 45.2 Å². The summed E-state index contributed by atoms with van der Waals surface area (Å²) >= 11 is 0. The van der Waals surface area contributed by atoms with E-state index in [0.717, 1.165) is 5.56 Å². The van der Waals surface area contributed by atoms with E-state index in [2.05, 4.69) is 5.32 Å². The third kappa shape index (κ3) is 11.0. The molecule has 4 atom stereocenters. The van der Waals surface area contributed by atoms with Gasteiger partial charge in [-0.15, -0.1) is 0 Å². The zero-order valence-corrected chi connectivity index (χ0v) is 26.1. The first kappa shape index (κ1) is 35.2. The van der Waals surface area contributed by atoms with Gasteiger partial charge < -0.3 is 35.7 Å². The number of anilines is 1. The standard InChI is InChI=1S/C30H45N5O8S/c1-21(2)18-35(44(38,39)25-11-9-23(32)10-12-25)19-27(43-29(36)28(33)41-15-6-14-31)26(17-22-7-4-3-5-8-22)34-30(37)42-24-13-16-40-20-24/h3-5,7-12,21,24,26-28H,6,13-20,31-33H2,1-2H3,(H,34,37)/t24-,26-,27+,28-/m0/s1. The Kier molecular flexibility index (Phi) is 13.8. The molecule has 0 aliphatic carbocycles. The van der Waals surface area contributed by atoms with Crippen molar-refractivity contribution in [1.29, 1.82) is 0 Å². The van der Waals surface area contributed by atoms with Gasteiger partial charge in [0.05, 0.1) is 37.3 Å². The van der Waals surface area contributed by atoms with Gasteiger partial charge in [0.2, 0.25) is 16.3 Å². The first-order valence-corrected chi connectivity index (χ1v) is 16.2. The number of hydrogen-bond acceptors (Lipinski definition) is 11. The molecule has 0 aromatic heterocycles. The van der Waals surface area contributed by atoms with Crippen LogP contribution in [-0.2, 0) is 40.2 Å². The zero-order valence-electron chi connectivity index (χ0n) is 25.3. The molecule has 1 aliphatic heterocycles. The van der Waals surface area contributed by atoms with Gasteiger partial charge >= 0.3 is 12.1 Å². The number of hydrogen-bond donors (Lipinski definition) is 4. The molecule has 0 unspecified atom stereocenters. The first-order chi connectivity index (χ1) is 21.0. The van der Waals surface area contributed by atoms with E-state index in [1.807, 2.05) is 44.2 Å². The average molecular weight is 636 g/mol. The van der Waals surface area contributed by atoms with Crippen molar-refractivity contribution in [1.82, 2.24) is 9.62 Å². The maximum atomic E-state index is 13.9. The Hall–Kier alpha value is -3.27. The molecule has 13 nitrogen and oxygen atoms in total. The number of esters is 1. The molecule has 14 heteroatoms. The number of nitrogens with one attached hydrogen (secondary N) is 1. The molecule has 2 aromatic rings. The highest BCUT2D eigenvalue weighted by Gasteiger charge is 2.36. The van der Waals surface area contributed by atoms with Gasteiger partial charge in [-0.25, -0.2) is 18.0 Å². The van der Waals surface area contributed by atoms with E-state index < -0.39 is 46.6 Å². The molecule has 2 aromatic carbocycles. The van der Waals surface area contributed by atoms with Crippen molar-refractivity contribution < 1.29 is 37.0 Å². The topological polar surface area (TPSA) is 199 Å². The van der Waals surface area contributed by atoms with Crippen LogP contribution < -0.4 is 22.5 Å². The molecule has 1 amide bonds. The molecule has 7 N–H and O–H groups in total. The van der Waals surface area contributed by atoms with Crippen molar-refractivity contribution in [2.45, 2.75) is 62.5 Å². The number of sulfonamides is 1. The maximum absolute atomic E-state index is 13.9. The number of benzene rings is 2. The van der Waals surface area contributed by atoms with Crippen LogP contribution >= 0.6 is 0 Å². The van der Waals surface area contributed by atoms with Crippen LogP contribution in [0.4, 0.5) is 10.5 Å². The number of nitrogens with zero attached hydrogens (tertiary/aromatic N) is 1. The van der Waals surface area contributed by atoms with Crippen molar-refractivity contribution in [2.24, 2.45) is 17.4 Å². The predicted molar refractivity (Wildman–Crippen MR) is 165 cm³/mol. The van der Waals surface area contributed by atoms with Crippen LogP contribution in [0.2, 0.25) is 0 Å². The lowest BCUT2D eigenvalue weighted by atomic mass is 10.0. The number of ether oxygens (including phenoxy) is 4. The highest BCUT2D eigenvalue weighted by atomic mass is 32.2. The van der Waals surface area contributed by atoms with E-state index in [9.17, 15) is 18.0 Å². The fourth-order valence-corrected chi connectivity index (χ4v) is 6.19. The summed E-state index contributed by atoms with van der Waals surface area (Å²) in [5.74, 6) is -1.01. The minimum absolute atomic E-state index is 0.0208. The first-order valence-electron chi connectivity index (χ1n) is 14.7. The Morgan fingerprint density at radius 3 is 2.41 bits per heavy atom. The molecule has 44 heavy (non-hydrogen) atoms.